The number of amides is 2. The number of hydrogen-bond acceptors (Lipinski definition) is 4. The summed E-state index contributed by atoms with van der Waals surface area (Å²) < 4.78 is 0. The molecule has 1 unspecified atom stereocenters. The highest BCUT2D eigenvalue weighted by molar-refractivity contribution is 7.99. The van der Waals surface area contributed by atoms with Crippen molar-refractivity contribution >= 4 is 23.6 Å². The summed E-state index contributed by atoms with van der Waals surface area (Å²) in [6.07, 6.45) is 0.440. The van der Waals surface area contributed by atoms with Crippen LogP contribution in [0.15, 0.2) is 24.3 Å². The van der Waals surface area contributed by atoms with Gasteiger partial charge in [0.1, 0.15) is 0 Å². The van der Waals surface area contributed by atoms with Gasteiger partial charge in [-0.05, 0) is 12.5 Å². The maximum Gasteiger partial charge on any atom is 0.240 e. The van der Waals surface area contributed by atoms with Gasteiger partial charge < -0.3 is 9.80 Å². The van der Waals surface area contributed by atoms with Crippen molar-refractivity contribution in [2.75, 3.05) is 37.8 Å². The van der Waals surface area contributed by atoms with Crippen LogP contribution in [0.25, 0.3) is 0 Å². The summed E-state index contributed by atoms with van der Waals surface area (Å²) in [4.78, 5) is 28.5. The number of nitrogens with zero attached hydrogens (tertiary/aromatic N) is 2. The Bertz CT molecular complexity index is 562. The summed E-state index contributed by atoms with van der Waals surface area (Å²) in [5.41, 5.74) is 2.25. The molecule has 2 fully saturated rings. The molecular formula is C17H23N3O2S. The van der Waals surface area contributed by atoms with Gasteiger partial charge in [0.25, 0.3) is 0 Å². The van der Waals surface area contributed by atoms with Crippen LogP contribution >= 0.6 is 11.8 Å². The van der Waals surface area contributed by atoms with Gasteiger partial charge in [0.15, 0.2) is 0 Å². The van der Waals surface area contributed by atoms with Gasteiger partial charge in [-0.1, -0.05) is 29.8 Å². The fourth-order valence-corrected chi connectivity index (χ4v) is 3.88. The lowest BCUT2D eigenvalue weighted by Gasteiger charge is -2.36. The number of hydrogen-bond donors (Lipinski definition) is 1. The minimum Gasteiger partial charge on any atom is -0.339 e. The van der Waals surface area contributed by atoms with E-state index in [1.165, 1.54) is 5.56 Å². The molecule has 1 atom stereocenters. The number of rotatable bonds is 3. The summed E-state index contributed by atoms with van der Waals surface area (Å²) in [6.45, 7) is 4.59. The van der Waals surface area contributed by atoms with E-state index in [-0.39, 0.29) is 17.9 Å². The van der Waals surface area contributed by atoms with Gasteiger partial charge in [0, 0.05) is 37.8 Å². The first kappa shape index (κ1) is 16.3. The molecule has 2 heterocycles. The van der Waals surface area contributed by atoms with Crippen molar-refractivity contribution in [1.82, 2.24) is 15.1 Å². The Labute approximate surface area is 141 Å². The molecule has 0 bridgehead atoms. The van der Waals surface area contributed by atoms with Crippen LogP contribution in [0.1, 0.15) is 11.1 Å². The maximum atomic E-state index is 12.4. The molecule has 6 heteroatoms. The van der Waals surface area contributed by atoms with Crippen LogP contribution in [-0.2, 0) is 16.0 Å². The minimum absolute atomic E-state index is 0.0465. The van der Waals surface area contributed by atoms with Crippen LogP contribution in [0.4, 0.5) is 0 Å². The lowest BCUT2D eigenvalue weighted by Crippen LogP contribution is -2.54. The van der Waals surface area contributed by atoms with E-state index in [1.54, 1.807) is 11.8 Å². The second kappa shape index (κ2) is 7.36. The van der Waals surface area contributed by atoms with Crippen molar-refractivity contribution in [3.8, 4) is 0 Å². The second-order valence-electron chi connectivity index (χ2n) is 6.14. The molecule has 3 rings (SSSR count). The number of piperazine rings is 1. The van der Waals surface area contributed by atoms with E-state index in [2.05, 4.69) is 5.32 Å². The Kier molecular flexibility index (Phi) is 5.23. The Morgan fingerprint density at radius 3 is 2.39 bits per heavy atom. The first-order valence-electron chi connectivity index (χ1n) is 8.07. The highest BCUT2D eigenvalue weighted by Crippen LogP contribution is 2.14. The highest BCUT2D eigenvalue weighted by Gasteiger charge is 2.30. The number of thioether (sulfide) groups is 1. The Morgan fingerprint density at radius 2 is 1.78 bits per heavy atom. The topological polar surface area (TPSA) is 52.7 Å². The average Bonchev–Trinajstić information content (AvgIpc) is 3.11. The molecule has 23 heavy (non-hydrogen) atoms. The van der Waals surface area contributed by atoms with Crippen molar-refractivity contribution in [3.63, 3.8) is 0 Å². The fourth-order valence-electron chi connectivity index (χ4n) is 2.94. The summed E-state index contributed by atoms with van der Waals surface area (Å²) >= 11 is 1.76. The lowest BCUT2D eigenvalue weighted by molar-refractivity contribution is -0.140. The Hall–Kier alpha value is -1.53. The van der Waals surface area contributed by atoms with Crippen molar-refractivity contribution in [2.45, 2.75) is 19.4 Å². The molecular weight excluding hydrogens is 310 g/mol. The minimum atomic E-state index is -0.0465. The van der Waals surface area contributed by atoms with E-state index in [0.29, 0.717) is 32.6 Å². The average molecular weight is 333 g/mol. The largest absolute Gasteiger partial charge is 0.339 e. The zero-order chi connectivity index (χ0) is 16.2. The smallest absolute Gasteiger partial charge is 0.240 e. The summed E-state index contributed by atoms with van der Waals surface area (Å²) in [6, 6.07) is 8.04. The van der Waals surface area contributed by atoms with Crippen molar-refractivity contribution in [2.24, 2.45) is 0 Å². The van der Waals surface area contributed by atoms with Gasteiger partial charge in [-0.2, -0.15) is 0 Å². The third-order valence-electron chi connectivity index (χ3n) is 4.43. The standard InChI is InChI=1S/C17H23N3O2S/c1-13-2-4-14(5-3-13)10-16(21)19-6-8-20(9-7-19)17(22)15-11-23-12-18-15/h2-5,15,18H,6-12H2,1H3. The number of carbonyl (C=O) groups is 2. The van der Waals surface area contributed by atoms with Gasteiger partial charge in [-0.3, -0.25) is 14.9 Å². The highest BCUT2D eigenvalue weighted by atomic mass is 32.2. The molecule has 2 amide bonds. The molecule has 124 valence electrons. The predicted octanol–water partition coefficient (Wildman–Crippen LogP) is 0.871. The zero-order valence-corrected chi connectivity index (χ0v) is 14.3. The first-order chi connectivity index (χ1) is 11.1. The van der Waals surface area contributed by atoms with Crippen LogP contribution in [0, 0.1) is 6.92 Å². The van der Waals surface area contributed by atoms with Crippen LogP contribution in [0.3, 0.4) is 0 Å². The zero-order valence-electron chi connectivity index (χ0n) is 13.5. The SMILES string of the molecule is Cc1ccc(CC(=O)N2CCN(C(=O)C3CSCN3)CC2)cc1. The van der Waals surface area contributed by atoms with E-state index in [9.17, 15) is 9.59 Å². The molecule has 1 aromatic carbocycles. The van der Waals surface area contributed by atoms with E-state index in [1.807, 2.05) is 41.0 Å². The molecule has 0 aliphatic carbocycles. The molecule has 0 saturated carbocycles. The number of benzene rings is 1. The summed E-state index contributed by atoms with van der Waals surface area (Å²) in [5.74, 6) is 2.03. The van der Waals surface area contributed by atoms with Crippen molar-refractivity contribution in [1.29, 1.82) is 0 Å². The third-order valence-corrected chi connectivity index (χ3v) is 5.37. The quantitative estimate of drug-likeness (QED) is 0.892. The second-order valence-corrected chi connectivity index (χ2v) is 7.17. The summed E-state index contributed by atoms with van der Waals surface area (Å²) in [5, 5.41) is 3.22. The van der Waals surface area contributed by atoms with Gasteiger partial charge in [0.05, 0.1) is 12.5 Å². The van der Waals surface area contributed by atoms with Crippen LogP contribution < -0.4 is 5.32 Å². The van der Waals surface area contributed by atoms with Crippen LogP contribution in [0.5, 0.6) is 0 Å². The lowest BCUT2D eigenvalue weighted by atomic mass is 10.1. The van der Waals surface area contributed by atoms with E-state index in [4.69, 9.17) is 0 Å². The predicted molar refractivity (Wildman–Crippen MR) is 92.3 cm³/mol. The molecule has 0 aromatic heterocycles. The number of carbonyl (C=O) groups excluding carboxylic acids is 2. The third kappa shape index (κ3) is 4.06. The molecule has 1 aromatic rings. The molecule has 5 nitrogen and oxygen atoms in total. The number of nitrogens with one attached hydrogen (secondary N) is 1. The monoisotopic (exact) mass is 333 g/mol. The molecule has 2 aliphatic rings. The molecule has 0 spiro atoms. The Morgan fingerprint density at radius 1 is 1.13 bits per heavy atom. The maximum absolute atomic E-state index is 12.4. The molecule has 2 aliphatic heterocycles. The van der Waals surface area contributed by atoms with E-state index in [0.717, 1.165) is 17.2 Å². The molecule has 2 saturated heterocycles. The number of aryl methyl sites for hydroxylation is 1. The van der Waals surface area contributed by atoms with Gasteiger partial charge in [0.2, 0.25) is 11.8 Å². The van der Waals surface area contributed by atoms with Crippen LogP contribution in [0.2, 0.25) is 0 Å². The van der Waals surface area contributed by atoms with E-state index >= 15 is 0 Å². The molecule has 1 N–H and O–H groups in total. The van der Waals surface area contributed by atoms with Crippen molar-refractivity contribution in [3.05, 3.63) is 35.4 Å². The molecule has 0 radical (unpaired) electrons. The summed E-state index contributed by atoms with van der Waals surface area (Å²) in [7, 11) is 0. The van der Waals surface area contributed by atoms with Gasteiger partial charge in [-0.25, -0.2) is 0 Å². The van der Waals surface area contributed by atoms with Gasteiger partial charge >= 0.3 is 0 Å². The Balaban J connectivity index is 1.49. The van der Waals surface area contributed by atoms with Gasteiger partial charge in [-0.15, -0.1) is 11.8 Å². The first-order valence-corrected chi connectivity index (χ1v) is 9.22. The van der Waals surface area contributed by atoms with Crippen LogP contribution in [-0.4, -0.2) is 65.5 Å². The normalized spacial score (nSPS) is 21.5. The fraction of sp³-hybridized carbons (Fsp3) is 0.529. The van der Waals surface area contributed by atoms with Crippen molar-refractivity contribution < 1.29 is 9.59 Å². The van der Waals surface area contributed by atoms with E-state index < -0.39 is 0 Å².